The Morgan fingerprint density at radius 2 is 1.87 bits per heavy atom. The van der Waals surface area contributed by atoms with Crippen molar-refractivity contribution in [1.29, 1.82) is 0 Å². The van der Waals surface area contributed by atoms with Crippen LogP contribution in [0.3, 0.4) is 0 Å². The van der Waals surface area contributed by atoms with Crippen LogP contribution in [0.5, 0.6) is 0 Å². The van der Waals surface area contributed by atoms with Crippen LogP contribution in [0.2, 0.25) is 4.34 Å². The molecule has 0 aliphatic rings. The first-order valence-electron chi connectivity index (χ1n) is 7.35. The Morgan fingerprint density at radius 1 is 1.17 bits per heavy atom. The highest BCUT2D eigenvalue weighted by Crippen LogP contribution is 2.22. The molecule has 0 radical (unpaired) electrons. The molecule has 0 aliphatic heterocycles. The van der Waals surface area contributed by atoms with Crippen LogP contribution < -0.4 is 0 Å². The first-order valence-corrected chi connectivity index (χ1v) is 10.2. The largest absolute Gasteiger partial charge is 0.299 e. The van der Waals surface area contributed by atoms with Crippen molar-refractivity contribution >= 4 is 32.8 Å². The van der Waals surface area contributed by atoms with Crippen molar-refractivity contribution in [3.63, 3.8) is 0 Å². The van der Waals surface area contributed by atoms with Crippen molar-refractivity contribution < 1.29 is 12.8 Å². The van der Waals surface area contributed by atoms with Gasteiger partial charge in [-0.3, -0.25) is 4.90 Å². The van der Waals surface area contributed by atoms with Gasteiger partial charge < -0.3 is 0 Å². The van der Waals surface area contributed by atoms with E-state index >= 15 is 0 Å². The normalized spacial score (nSPS) is 12.0. The van der Waals surface area contributed by atoms with Gasteiger partial charge in [-0.2, -0.15) is 0 Å². The average molecular weight is 376 g/mol. The summed E-state index contributed by atoms with van der Waals surface area (Å²) in [5.41, 5.74) is 0. The van der Waals surface area contributed by atoms with E-state index in [9.17, 15) is 12.8 Å². The van der Waals surface area contributed by atoms with Crippen molar-refractivity contribution in [2.75, 3.05) is 18.8 Å². The Labute approximate surface area is 145 Å². The maximum Gasteiger partial charge on any atom is 0.178 e. The van der Waals surface area contributed by atoms with Gasteiger partial charge in [0.05, 0.1) is 15.0 Å². The second kappa shape index (κ2) is 8.24. The number of benzene rings is 1. The molecule has 0 atom stereocenters. The minimum Gasteiger partial charge on any atom is -0.299 e. The van der Waals surface area contributed by atoms with Gasteiger partial charge in [0, 0.05) is 11.4 Å². The maximum atomic E-state index is 12.9. The van der Waals surface area contributed by atoms with Crippen LogP contribution in [0.4, 0.5) is 4.39 Å². The molecule has 7 heteroatoms. The molecular formula is C16H19ClFNO2S2. The van der Waals surface area contributed by atoms with Crippen molar-refractivity contribution in [2.24, 2.45) is 0 Å². The molecule has 0 unspecified atom stereocenters. The molecule has 0 N–H and O–H groups in total. The summed E-state index contributed by atoms with van der Waals surface area (Å²) in [7, 11) is -3.36. The Balaban J connectivity index is 1.88. The molecule has 3 nitrogen and oxygen atoms in total. The number of rotatable bonds is 8. The highest BCUT2D eigenvalue weighted by molar-refractivity contribution is 7.91. The second-order valence-electron chi connectivity index (χ2n) is 5.20. The van der Waals surface area contributed by atoms with E-state index < -0.39 is 15.7 Å². The Morgan fingerprint density at radius 3 is 2.43 bits per heavy atom. The first kappa shape index (κ1) is 18.4. The zero-order valence-corrected chi connectivity index (χ0v) is 15.2. The third-order valence-corrected chi connectivity index (χ3v) is 6.55. The smallest absolute Gasteiger partial charge is 0.178 e. The Kier molecular flexibility index (Phi) is 6.59. The molecule has 1 aromatic carbocycles. The van der Waals surface area contributed by atoms with Gasteiger partial charge in [-0.15, -0.1) is 11.3 Å². The summed E-state index contributed by atoms with van der Waals surface area (Å²) in [5.74, 6) is -0.379. The van der Waals surface area contributed by atoms with Crippen molar-refractivity contribution in [3.8, 4) is 0 Å². The molecule has 0 amide bonds. The minimum atomic E-state index is -3.36. The van der Waals surface area contributed by atoms with E-state index in [0.717, 1.165) is 17.4 Å². The minimum absolute atomic E-state index is 0.0559. The van der Waals surface area contributed by atoms with E-state index in [1.165, 1.54) is 40.5 Å². The number of nitrogens with zero attached hydrogens (tertiary/aromatic N) is 1. The lowest BCUT2D eigenvalue weighted by molar-refractivity contribution is 0.283. The fourth-order valence-corrected chi connectivity index (χ4v) is 4.67. The fourth-order valence-electron chi connectivity index (χ4n) is 2.24. The van der Waals surface area contributed by atoms with Crippen molar-refractivity contribution in [1.82, 2.24) is 4.90 Å². The van der Waals surface area contributed by atoms with Crippen molar-refractivity contribution in [3.05, 3.63) is 51.4 Å². The van der Waals surface area contributed by atoms with Crippen LogP contribution >= 0.6 is 22.9 Å². The number of sulfone groups is 1. The van der Waals surface area contributed by atoms with Crippen LogP contribution in [-0.2, 0) is 16.4 Å². The van der Waals surface area contributed by atoms with Crippen LogP contribution in [0.15, 0.2) is 41.3 Å². The third-order valence-electron chi connectivity index (χ3n) is 3.52. The second-order valence-corrected chi connectivity index (χ2v) is 9.11. The number of hydrogen-bond acceptors (Lipinski definition) is 4. The van der Waals surface area contributed by atoms with E-state index in [1.807, 2.05) is 19.1 Å². The molecular weight excluding hydrogens is 357 g/mol. The summed E-state index contributed by atoms with van der Waals surface area (Å²) in [5, 5.41) is 0. The molecule has 1 aromatic heterocycles. The summed E-state index contributed by atoms with van der Waals surface area (Å²) >= 11 is 7.46. The van der Waals surface area contributed by atoms with Crippen LogP contribution in [0, 0.1) is 5.82 Å². The molecule has 2 aromatic rings. The van der Waals surface area contributed by atoms with Gasteiger partial charge in [0.2, 0.25) is 0 Å². The lowest BCUT2D eigenvalue weighted by Crippen LogP contribution is -2.25. The van der Waals surface area contributed by atoms with E-state index in [0.29, 0.717) is 13.0 Å². The molecule has 0 fully saturated rings. The quantitative estimate of drug-likeness (QED) is 0.648. The Bertz CT molecular complexity index is 729. The standard InChI is InChI=1S/C16H19ClFNO2S2/c1-2-19(12-14-6-9-16(17)22-14)10-3-11-23(20,21)15-7-4-13(18)5-8-15/h4-9H,2-3,10-12H2,1H3. The topological polar surface area (TPSA) is 37.4 Å². The molecule has 1 heterocycles. The Hall–Kier alpha value is -0.950. The summed E-state index contributed by atoms with van der Waals surface area (Å²) in [6.07, 6.45) is 0.534. The van der Waals surface area contributed by atoms with Gasteiger partial charge in [0.25, 0.3) is 0 Å². The predicted molar refractivity (Wildman–Crippen MR) is 93.3 cm³/mol. The van der Waals surface area contributed by atoms with E-state index in [2.05, 4.69) is 4.90 Å². The molecule has 0 saturated carbocycles. The van der Waals surface area contributed by atoms with Crippen LogP contribution in [0.1, 0.15) is 18.2 Å². The average Bonchev–Trinajstić information content (AvgIpc) is 2.91. The summed E-state index contributed by atoms with van der Waals surface area (Å²) in [6, 6.07) is 8.84. The van der Waals surface area contributed by atoms with Crippen LogP contribution in [-0.4, -0.2) is 32.2 Å². The molecule has 0 bridgehead atoms. The van der Waals surface area contributed by atoms with Gasteiger partial charge in [0.1, 0.15) is 5.82 Å². The van der Waals surface area contributed by atoms with E-state index in [1.54, 1.807) is 0 Å². The van der Waals surface area contributed by atoms with Crippen molar-refractivity contribution in [2.45, 2.75) is 24.8 Å². The zero-order chi connectivity index (χ0) is 16.9. The fraction of sp³-hybridized carbons (Fsp3) is 0.375. The lowest BCUT2D eigenvalue weighted by Gasteiger charge is -2.19. The lowest BCUT2D eigenvalue weighted by atomic mass is 10.3. The zero-order valence-electron chi connectivity index (χ0n) is 12.8. The molecule has 0 spiro atoms. The van der Waals surface area contributed by atoms with E-state index in [4.69, 9.17) is 11.6 Å². The number of thiophene rings is 1. The first-order chi connectivity index (χ1) is 10.9. The highest BCUT2D eigenvalue weighted by atomic mass is 35.5. The monoisotopic (exact) mass is 375 g/mol. The van der Waals surface area contributed by atoms with Gasteiger partial charge in [-0.1, -0.05) is 18.5 Å². The van der Waals surface area contributed by atoms with Crippen LogP contribution in [0.25, 0.3) is 0 Å². The van der Waals surface area contributed by atoms with Gasteiger partial charge >= 0.3 is 0 Å². The highest BCUT2D eigenvalue weighted by Gasteiger charge is 2.15. The number of hydrogen-bond donors (Lipinski definition) is 0. The SMILES string of the molecule is CCN(CCCS(=O)(=O)c1ccc(F)cc1)Cc1ccc(Cl)s1. The predicted octanol–water partition coefficient (Wildman–Crippen LogP) is 4.23. The maximum absolute atomic E-state index is 12.9. The summed E-state index contributed by atoms with van der Waals surface area (Å²) in [6.45, 7) is 4.34. The molecule has 0 saturated heterocycles. The number of halogens is 2. The van der Waals surface area contributed by atoms with Gasteiger partial charge in [-0.25, -0.2) is 12.8 Å². The third kappa shape index (κ3) is 5.57. The van der Waals surface area contributed by atoms with Gasteiger partial charge in [0.15, 0.2) is 9.84 Å². The molecule has 126 valence electrons. The van der Waals surface area contributed by atoms with E-state index in [-0.39, 0.29) is 10.6 Å². The molecule has 0 aliphatic carbocycles. The summed E-state index contributed by atoms with van der Waals surface area (Å²) < 4.78 is 38.1. The van der Waals surface area contributed by atoms with Gasteiger partial charge in [-0.05, 0) is 55.9 Å². The summed E-state index contributed by atoms with van der Waals surface area (Å²) in [4.78, 5) is 3.52. The molecule has 2 rings (SSSR count). The molecule has 23 heavy (non-hydrogen) atoms.